The second-order valence-electron chi connectivity index (χ2n) is 9.38. The van der Waals surface area contributed by atoms with Crippen molar-refractivity contribution in [2.75, 3.05) is 18.0 Å². The molecule has 3 unspecified atom stereocenters. The second-order valence-corrected chi connectivity index (χ2v) is 9.38. The second kappa shape index (κ2) is 6.80. The van der Waals surface area contributed by atoms with Gasteiger partial charge in [0, 0.05) is 36.6 Å². The predicted octanol–water partition coefficient (Wildman–Crippen LogP) is 3.42. The van der Waals surface area contributed by atoms with Crippen LogP contribution in [0.5, 0.6) is 0 Å². The van der Waals surface area contributed by atoms with Crippen molar-refractivity contribution in [3.63, 3.8) is 0 Å². The molecule has 2 N–H and O–H groups in total. The van der Waals surface area contributed by atoms with E-state index in [4.69, 9.17) is 11.0 Å². The van der Waals surface area contributed by atoms with Gasteiger partial charge in [-0.2, -0.15) is 5.26 Å². The summed E-state index contributed by atoms with van der Waals surface area (Å²) < 4.78 is 4.35. The number of hydrogen-bond acceptors (Lipinski definition) is 5. The highest BCUT2D eigenvalue weighted by atomic mass is 15.3. The summed E-state index contributed by atoms with van der Waals surface area (Å²) in [6.07, 6.45) is 5.24. The van der Waals surface area contributed by atoms with E-state index in [-0.39, 0.29) is 0 Å². The van der Waals surface area contributed by atoms with Crippen molar-refractivity contribution in [2.24, 2.45) is 17.6 Å². The van der Waals surface area contributed by atoms with E-state index in [9.17, 15) is 0 Å². The molecule has 2 fully saturated rings. The van der Waals surface area contributed by atoms with E-state index < -0.39 is 0 Å². The highest BCUT2D eigenvalue weighted by Gasteiger charge is 2.52. The molecule has 3 atom stereocenters. The summed E-state index contributed by atoms with van der Waals surface area (Å²) in [5.74, 6) is 2.22. The number of benzene rings is 2. The van der Waals surface area contributed by atoms with Gasteiger partial charge in [-0.3, -0.25) is 4.57 Å². The van der Waals surface area contributed by atoms with Crippen LogP contribution in [0.15, 0.2) is 61.1 Å². The normalized spacial score (nSPS) is 22.1. The zero-order chi connectivity index (χ0) is 22.1. The first-order valence-corrected chi connectivity index (χ1v) is 11.4. The van der Waals surface area contributed by atoms with Crippen LogP contribution in [0.4, 0.5) is 5.69 Å². The molecule has 4 heterocycles. The first-order chi connectivity index (χ1) is 16.2. The average Bonchev–Trinajstić information content (AvgIpc) is 3.19. The minimum absolute atomic E-state index is 0.615. The molecule has 0 amide bonds. The van der Waals surface area contributed by atoms with Crippen molar-refractivity contribution in [1.82, 2.24) is 19.3 Å². The van der Waals surface area contributed by atoms with Crippen LogP contribution in [0.3, 0.4) is 0 Å². The number of anilines is 1. The van der Waals surface area contributed by atoms with E-state index in [0.29, 0.717) is 17.5 Å². The topological polar surface area (TPSA) is 88.7 Å². The van der Waals surface area contributed by atoms with Crippen molar-refractivity contribution < 1.29 is 0 Å². The van der Waals surface area contributed by atoms with Gasteiger partial charge >= 0.3 is 0 Å². The van der Waals surface area contributed by atoms with Gasteiger partial charge < -0.3 is 15.2 Å². The first kappa shape index (κ1) is 18.7. The lowest BCUT2D eigenvalue weighted by molar-refractivity contribution is 0.528. The van der Waals surface area contributed by atoms with Gasteiger partial charge in [-0.15, -0.1) is 10.2 Å². The molecule has 2 aromatic heterocycles. The molecule has 1 saturated carbocycles. The van der Waals surface area contributed by atoms with Gasteiger partial charge in [-0.25, -0.2) is 0 Å². The zero-order valence-electron chi connectivity index (χ0n) is 18.1. The Bertz CT molecular complexity index is 1420. The fourth-order valence-corrected chi connectivity index (χ4v) is 5.74. The number of nitriles is 1. The molecule has 4 aromatic rings. The van der Waals surface area contributed by atoms with Crippen molar-refractivity contribution >= 4 is 5.69 Å². The summed E-state index contributed by atoms with van der Waals surface area (Å²) in [7, 11) is 0. The third-order valence-corrected chi connectivity index (χ3v) is 7.56. The number of nitrogens with zero attached hydrogens (tertiary/aromatic N) is 6. The van der Waals surface area contributed by atoms with E-state index in [1.54, 1.807) is 6.33 Å². The van der Waals surface area contributed by atoms with Crippen LogP contribution in [0, 0.1) is 23.2 Å². The fourth-order valence-electron chi connectivity index (χ4n) is 5.74. The van der Waals surface area contributed by atoms with Crippen molar-refractivity contribution in [3.8, 4) is 34.4 Å². The van der Waals surface area contributed by atoms with Crippen LogP contribution in [0.1, 0.15) is 17.5 Å². The largest absolute Gasteiger partial charge is 0.368 e. The maximum Gasteiger partial charge on any atom is 0.185 e. The zero-order valence-corrected chi connectivity index (χ0v) is 18.1. The minimum atomic E-state index is 0.615. The summed E-state index contributed by atoms with van der Waals surface area (Å²) in [4.78, 5) is 2.55. The molecule has 2 aliphatic heterocycles. The number of fused-ring (bicyclic) bond motifs is 6. The van der Waals surface area contributed by atoms with Gasteiger partial charge in [0.25, 0.3) is 0 Å². The van der Waals surface area contributed by atoms with E-state index in [2.05, 4.69) is 60.8 Å². The Hall–Kier alpha value is -3.89. The Morgan fingerprint density at radius 1 is 1.09 bits per heavy atom. The summed E-state index contributed by atoms with van der Waals surface area (Å²) in [6.45, 7) is 2.60. The summed E-state index contributed by atoms with van der Waals surface area (Å²) in [5.41, 5.74) is 13.6. The lowest BCUT2D eigenvalue weighted by Crippen LogP contribution is -2.27. The Morgan fingerprint density at radius 3 is 2.76 bits per heavy atom. The predicted molar refractivity (Wildman–Crippen MR) is 126 cm³/mol. The molecule has 162 valence electrons. The smallest absolute Gasteiger partial charge is 0.185 e. The lowest BCUT2D eigenvalue weighted by Gasteiger charge is -2.24. The SMILES string of the molecule is N#Cc1ccc(-c2cc3n(c2)Cc2cc(N4CC(CN)C5CC54)ccc2-n2cnnc2-3)cc1. The molecule has 7 rings (SSSR count). The van der Waals surface area contributed by atoms with Crippen molar-refractivity contribution in [1.29, 1.82) is 5.26 Å². The summed E-state index contributed by atoms with van der Waals surface area (Å²) >= 11 is 0. The van der Waals surface area contributed by atoms with Crippen LogP contribution >= 0.6 is 0 Å². The van der Waals surface area contributed by atoms with Crippen LogP contribution in [0.25, 0.3) is 28.3 Å². The van der Waals surface area contributed by atoms with Crippen LogP contribution in [-0.4, -0.2) is 38.5 Å². The van der Waals surface area contributed by atoms with E-state index >= 15 is 0 Å². The standard InChI is InChI=1S/C26H23N7/c27-10-16-1-3-17(4-2-16)18-8-25-26-30-29-15-33(26)23-6-5-21(7-19(23)13-31(25)12-18)32-14-20(11-28)22-9-24(22)32/h1-8,12,15,20,22,24H,9,11,13-14,28H2. The van der Waals surface area contributed by atoms with Gasteiger partial charge in [-0.05, 0) is 72.3 Å². The number of nitrogens with two attached hydrogens (primary N) is 1. The van der Waals surface area contributed by atoms with Gasteiger partial charge in [0.2, 0.25) is 0 Å². The van der Waals surface area contributed by atoms with E-state index in [1.165, 1.54) is 17.7 Å². The van der Waals surface area contributed by atoms with Crippen LogP contribution in [-0.2, 0) is 6.54 Å². The van der Waals surface area contributed by atoms with Gasteiger partial charge in [0.05, 0.1) is 23.0 Å². The van der Waals surface area contributed by atoms with Gasteiger partial charge in [0.1, 0.15) is 6.33 Å². The third-order valence-electron chi connectivity index (χ3n) is 7.56. The minimum Gasteiger partial charge on any atom is -0.368 e. The number of rotatable bonds is 3. The third kappa shape index (κ3) is 2.77. The van der Waals surface area contributed by atoms with E-state index in [1.807, 2.05) is 24.3 Å². The molecular weight excluding hydrogens is 410 g/mol. The van der Waals surface area contributed by atoms with E-state index in [0.717, 1.165) is 53.9 Å². The van der Waals surface area contributed by atoms with Gasteiger partial charge in [-0.1, -0.05) is 12.1 Å². The number of piperidine rings is 1. The highest BCUT2D eigenvalue weighted by Crippen LogP contribution is 2.50. The molecule has 1 saturated heterocycles. The average molecular weight is 434 g/mol. The van der Waals surface area contributed by atoms with Gasteiger partial charge in [0.15, 0.2) is 5.82 Å². The maximum absolute atomic E-state index is 9.11. The Labute approximate surface area is 191 Å². The summed E-state index contributed by atoms with van der Waals surface area (Å²) in [5, 5.41) is 17.8. The van der Waals surface area contributed by atoms with Crippen molar-refractivity contribution in [2.45, 2.75) is 19.0 Å². The Morgan fingerprint density at radius 2 is 1.97 bits per heavy atom. The molecule has 2 aromatic carbocycles. The monoisotopic (exact) mass is 433 g/mol. The molecule has 7 nitrogen and oxygen atoms in total. The molecule has 1 aliphatic carbocycles. The number of hydrogen-bond donors (Lipinski definition) is 1. The fraction of sp³-hybridized carbons (Fsp3) is 0.269. The molecule has 33 heavy (non-hydrogen) atoms. The van der Waals surface area contributed by atoms with Crippen LogP contribution in [0.2, 0.25) is 0 Å². The highest BCUT2D eigenvalue weighted by molar-refractivity contribution is 5.72. The number of aromatic nitrogens is 4. The molecular formula is C26H23N7. The molecule has 0 spiro atoms. The maximum atomic E-state index is 9.11. The molecule has 0 bridgehead atoms. The molecule has 3 aliphatic rings. The Balaban J connectivity index is 1.30. The first-order valence-electron chi connectivity index (χ1n) is 11.4. The van der Waals surface area contributed by atoms with Crippen molar-refractivity contribution in [3.05, 3.63) is 72.2 Å². The summed E-state index contributed by atoms with van der Waals surface area (Å²) in [6, 6.07) is 19.5. The Kier molecular flexibility index (Phi) is 3.85. The lowest BCUT2D eigenvalue weighted by atomic mass is 10.1. The molecule has 0 radical (unpaired) electrons. The molecule has 7 heteroatoms. The quantitative estimate of drug-likeness (QED) is 0.471. The van der Waals surface area contributed by atoms with Crippen LogP contribution < -0.4 is 10.6 Å².